The van der Waals surface area contributed by atoms with E-state index in [1.165, 1.54) is 22.3 Å². The molecule has 4 aliphatic rings. The number of morpholine rings is 2. The van der Waals surface area contributed by atoms with Gasteiger partial charge in [0.2, 0.25) is 0 Å². The Bertz CT molecular complexity index is 3150. The van der Waals surface area contributed by atoms with E-state index in [4.69, 9.17) is 41.4 Å². The average molecular weight is 1060 g/mol. The van der Waals surface area contributed by atoms with Gasteiger partial charge in [0.15, 0.2) is 5.60 Å². The van der Waals surface area contributed by atoms with Crippen LogP contribution in [0.2, 0.25) is 0 Å². The summed E-state index contributed by atoms with van der Waals surface area (Å²) >= 11 is 0. The monoisotopic (exact) mass is 1060 g/mol. The van der Waals surface area contributed by atoms with Gasteiger partial charge in [-0.2, -0.15) is 5.26 Å². The van der Waals surface area contributed by atoms with Gasteiger partial charge in [0.25, 0.3) is 0 Å². The Morgan fingerprint density at radius 3 is 1.79 bits per heavy atom. The molecule has 0 amide bonds. The van der Waals surface area contributed by atoms with Crippen molar-refractivity contribution < 1.29 is 41.4 Å². The van der Waals surface area contributed by atoms with Crippen molar-refractivity contribution in [3.8, 4) is 45.6 Å². The van der Waals surface area contributed by atoms with Crippen LogP contribution in [0, 0.1) is 11.3 Å². The second-order valence-corrected chi connectivity index (χ2v) is 25.8. The van der Waals surface area contributed by atoms with Gasteiger partial charge >= 0.3 is 9.05 Å². The molecule has 12 nitrogen and oxygen atoms in total. The third kappa shape index (κ3) is 11.1. The highest BCUT2D eigenvalue weighted by atomic mass is 28.4. The Morgan fingerprint density at radius 1 is 0.649 bits per heavy atom. The van der Waals surface area contributed by atoms with Crippen molar-refractivity contribution in [2.45, 2.75) is 104 Å². The summed E-state index contributed by atoms with van der Waals surface area (Å²) < 4.78 is 58.3. The number of rotatable bonds is 14. The minimum absolute atomic E-state index is 0.184. The van der Waals surface area contributed by atoms with E-state index in [0.29, 0.717) is 37.7 Å². The Kier molecular flexibility index (Phi) is 14.7. The van der Waals surface area contributed by atoms with Crippen molar-refractivity contribution in [1.29, 1.82) is 5.26 Å². The van der Waals surface area contributed by atoms with Crippen LogP contribution in [0.25, 0.3) is 39.1 Å². The highest BCUT2D eigenvalue weighted by Crippen LogP contribution is 2.60. The molecule has 1 atom stereocenters. The molecule has 0 N–H and O–H groups in total. The smallest absolute Gasteiger partial charge is 0.495 e. The summed E-state index contributed by atoms with van der Waals surface area (Å²) in [4.78, 5) is 4.74. The summed E-state index contributed by atoms with van der Waals surface area (Å²) in [6.45, 7) is 28.8. The fourth-order valence-electron chi connectivity index (χ4n) is 11.2. The molecule has 0 aromatic heterocycles. The summed E-state index contributed by atoms with van der Waals surface area (Å²) in [7, 11) is -1.94. The van der Waals surface area contributed by atoms with Crippen molar-refractivity contribution in [2.24, 2.45) is 0 Å². The van der Waals surface area contributed by atoms with Crippen molar-refractivity contribution in [3.05, 3.63) is 143 Å². The predicted octanol–water partition coefficient (Wildman–Crippen LogP) is 13.0. The van der Waals surface area contributed by atoms with E-state index in [1.54, 1.807) is 7.11 Å². The van der Waals surface area contributed by atoms with Crippen molar-refractivity contribution in [2.75, 3.05) is 82.7 Å². The first kappa shape index (κ1) is 54.2. The largest absolute Gasteiger partial charge is 0.681 e. The van der Waals surface area contributed by atoms with Crippen LogP contribution >= 0.6 is 0 Å². The minimum atomic E-state index is -3.69. The number of hydrogen-bond donors (Lipinski definition) is 0. The summed E-state index contributed by atoms with van der Waals surface area (Å²) in [6.07, 6.45) is 4.53. The highest BCUT2D eigenvalue weighted by molar-refractivity contribution is 6.54. The number of anilines is 2. The summed E-state index contributed by atoms with van der Waals surface area (Å²) in [5.74, 6) is 2.24. The number of benzene rings is 6. The summed E-state index contributed by atoms with van der Waals surface area (Å²) in [6, 6.07) is 38.5. The Morgan fingerprint density at radius 2 is 1.22 bits per heavy atom. The van der Waals surface area contributed by atoms with Crippen LogP contribution < -0.4 is 24.0 Å². The molecule has 1 unspecified atom stereocenters. The number of ether oxygens (including phenoxy) is 5. The second kappa shape index (κ2) is 20.9. The van der Waals surface area contributed by atoms with Crippen LogP contribution in [0.5, 0.6) is 17.2 Å². The SMILES string of the molecule is COc1cc2c3c(c4c(c2cc1N1CCOCC1)-c1ccc(-c2ccc(C#N)cc2)cc1C4(C)C)C=CC(c1ccc(OCCO[Si](OC(C)(C)C)(OC(C)(C)C)OC(C)(C)C)cc1)(c1ccc(N2CCOCC2)cc1)O3. The van der Waals surface area contributed by atoms with Gasteiger partial charge < -0.3 is 51.2 Å². The molecular formula is C64H75N3O9Si. The molecule has 6 aromatic carbocycles. The van der Waals surface area contributed by atoms with Crippen LogP contribution in [0.3, 0.4) is 0 Å². The average Bonchev–Trinajstić information content (AvgIpc) is 3.67. The lowest BCUT2D eigenvalue weighted by Crippen LogP contribution is -2.59. The van der Waals surface area contributed by atoms with E-state index >= 15 is 0 Å². The molecule has 0 radical (unpaired) electrons. The van der Waals surface area contributed by atoms with E-state index in [-0.39, 0.29) is 13.2 Å². The van der Waals surface area contributed by atoms with Crippen LogP contribution in [-0.4, -0.2) is 98.8 Å². The molecule has 77 heavy (non-hydrogen) atoms. The van der Waals surface area contributed by atoms with Gasteiger partial charge in [-0.15, -0.1) is 0 Å². The van der Waals surface area contributed by atoms with Crippen molar-refractivity contribution in [1.82, 2.24) is 0 Å². The molecule has 0 bridgehead atoms. The molecule has 10 rings (SSSR count). The van der Waals surface area contributed by atoms with Gasteiger partial charge in [-0.3, -0.25) is 0 Å². The summed E-state index contributed by atoms with van der Waals surface area (Å²) in [5.41, 5.74) is 9.51. The number of methoxy groups -OCH3 is 1. The minimum Gasteiger partial charge on any atom is -0.495 e. The maximum Gasteiger partial charge on any atom is 0.681 e. The molecule has 3 heterocycles. The zero-order valence-electron chi connectivity index (χ0n) is 47.1. The zero-order chi connectivity index (χ0) is 54.5. The van der Waals surface area contributed by atoms with Gasteiger partial charge in [0.05, 0.1) is 74.3 Å². The number of nitriles is 1. The standard InChI is InChI=1S/C64H75N3O9Si/c1-60(2,3)74-77(75-61(4,5)6,76-62(7,8)9)72-38-37-71-49-24-20-47(21-25-49)64(46-18-22-48(23-19-46)66-29-33-69-34-30-66)28-27-51-58-57(50-26-17-45(39-54(50)63(58,10)11)44-15-13-43(42-65)14-16-44)52-40-55(67-31-35-70-36-32-67)56(68-12)41-53(52)59(51)73-64/h13-28,39-41H,29-38H2,1-12H3. The fourth-order valence-corrected chi connectivity index (χ4v) is 14.1. The third-order valence-electron chi connectivity index (χ3n) is 14.5. The molecule has 404 valence electrons. The lowest BCUT2D eigenvalue weighted by atomic mass is 9.76. The molecule has 3 aliphatic heterocycles. The first-order valence-corrected chi connectivity index (χ1v) is 28.7. The Hall–Kier alpha value is -6.21. The molecule has 6 aromatic rings. The summed E-state index contributed by atoms with van der Waals surface area (Å²) in [5, 5.41) is 11.6. The number of nitrogens with zero attached hydrogens (tertiary/aromatic N) is 3. The molecule has 1 aliphatic carbocycles. The van der Waals surface area contributed by atoms with Gasteiger partial charge in [-0.1, -0.05) is 68.5 Å². The van der Waals surface area contributed by atoms with Crippen LogP contribution in [-0.2, 0) is 38.2 Å². The lowest BCUT2D eigenvalue weighted by Gasteiger charge is -2.41. The lowest BCUT2D eigenvalue weighted by molar-refractivity contribution is -0.135. The molecule has 0 saturated carbocycles. The normalized spacial score (nSPS) is 18.3. The Labute approximate surface area is 456 Å². The number of fused-ring (bicyclic) bond motifs is 8. The molecule has 2 saturated heterocycles. The maximum absolute atomic E-state index is 9.57. The first-order valence-electron chi connectivity index (χ1n) is 27.1. The Balaban J connectivity index is 1.07. The molecule has 13 heteroatoms. The van der Waals surface area contributed by atoms with Gasteiger partial charge in [0.1, 0.15) is 23.9 Å². The molecule has 0 spiro atoms. The maximum atomic E-state index is 9.57. The van der Waals surface area contributed by atoms with Crippen molar-refractivity contribution in [3.63, 3.8) is 0 Å². The van der Waals surface area contributed by atoms with Gasteiger partial charge in [0, 0.05) is 59.4 Å². The van der Waals surface area contributed by atoms with Crippen LogP contribution in [0.4, 0.5) is 11.4 Å². The van der Waals surface area contributed by atoms with Crippen LogP contribution in [0.1, 0.15) is 110 Å². The predicted molar refractivity (Wildman–Crippen MR) is 307 cm³/mol. The van der Waals surface area contributed by atoms with E-state index in [1.807, 2.05) is 98.7 Å². The third-order valence-corrected chi connectivity index (χ3v) is 17.7. The van der Waals surface area contributed by atoms with E-state index in [9.17, 15) is 5.26 Å². The van der Waals surface area contributed by atoms with E-state index in [0.717, 1.165) is 87.6 Å². The molecule has 2 fully saturated rings. The second-order valence-electron chi connectivity index (χ2n) is 23.9. The first-order chi connectivity index (χ1) is 36.6. The highest BCUT2D eigenvalue weighted by Gasteiger charge is 2.54. The van der Waals surface area contributed by atoms with Gasteiger partial charge in [-0.05, 0) is 162 Å². The number of hydrogen-bond acceptors (Lipinski definition) is 12. The molecular weight excluding hydrogens is 983 g/mol. The van der Waals surface area contributed by atoms with Gasteiger partial charge in [-0.25, -0.2) is 0 Å². The van der Waals surface area contributed by atoms with Crippen molar-refractivity contribution >= 4 is 37.3 Å². The zero-order valence-corrected chi connectivity index (χ0v) is 48.1. The quantitative estimate of drug-likeness (QED) is 0.0764. The fraction of sp³-hybridized carbons (Fsp3) is 0.422. The topological polar surface area (TPSA) is 113 Å². The van der Waals surface area contributed by atoms with E-state index < -0.39 is 36.9 Å². The van der Waals surface area contributed by atoms with E-state index in [2.05, 4.69) is 109 Å². The van der Waals surface area contributed by atoms with Crippen LogP contribution in [0.15, 0.2) is 109 Å².